The fourth-order valence-electron chi connectivity index (χ4n) is 4.10. The van der Waals surface area contributed by atoms with E-state index in [2.05, 4.69) is 5.32 Å². The fraction of sp³-hybridized carbons (Fsp3) is 0.643. The third kappa shape index (κ3) is 10.9. The highest BCUT2D eigenvalue weighted by molar-refractivity contribution is 5.98. The van der Waals surface area contributed by atoms with Gasteiger partial charge in [-0.15, -0.1) is 0 Å². The van der Waals surface area contributed by atoms with Crippen molar-refractivity contribution in [2.24, 2.45) is 17.6 Å². The topological polar surface area (TPSA) is 116 Å². The smallest absolute Gasteiger partial charge is 0.251 e. The molecule has 0 aliphatic heterocycles. The second-order valence-corrected chi connectivity index (χ2v) is 10.8. The van der Waals surface area contributed by atoms with Crippen LogP contribution in [-0.4, -0.2) is 86.2 Å². The number of hydrogen-bond donors (Lipinski definition) is 2. The molecule has 1 rings (SSSR count). The highest BCUT2D eigenvalue weighted by Gasteiger charge is 2.29. The van der Waals surface area contributed by atoms with Gasteiger partial charge in [0.05, 0.1) is 19.1 Å². The van der Waals surface area contributed by atoms with Crippen LogP contribution in [0.5, 0.6) is 0 Å². The van der Waals surface area contributed by atoms with Crippen molar-refractivity contribution < 1.29 is 19.2 Å². The summed E-state index contributed by atoms with van der Waals surface area (Å²) in [5.41, 5.74) is 7.41. The Morgan fingerprint density at radius 1 is 0.865 bits per heavy atom. The van der Waals surface area contributed by atoms with E-state index >= 15 is 0 Å². The van der Waals surface area contributed by atoms with Gasteiger partial charge >= 0.3 is 0 Å². The highest BCUT2D eigenvalue weighted by atomic mass is 16.2. The van der Waals surface area contributed by atoms with Gasteiger partial charge < -0.3 is 25.8 Å². The van der Waals surface area contributed by atoms with E-state index < -0.39 is 12.1 Å². The van der Waals surface area contributed by atoms with Crippen molar-refractivity contribution in [1.82, 2.24) is 15.1 Å². The number of nitrogens with one attached hydrogen (secondary N) is 1. The van der Waals surface area contributed by atoms with Crippen molar-refractivity contribution in [3.63, 3.8) is 0 Å². The molecule has 0 heterocycles. The van der Waals surface area contributed by atoms with Crippen LogP contribution in [0.15, 0.2) is 24.3 Å². The Labute approximate surface area is 222 Å². The number of Topliss-reactive ketones (excluding diaryl/α,β-unsaturated/α-hetero) is 1. The number of nitrogens with zero attached hydrogens (tertiary/aromatic N) is 3. The number of nitrogens with two attached hydrogens (primary N) is 1. The molecule has 2 atom stereocenters. The summed E-state index contributed by atoms with van der Waals surface area (Å²) in [4.78, 5) is 56.6. The Morgan fingerprint density at radius 2 is 1.43 bits per heavy atom. The van der Waals surface area contributed by atoms with E-state index in [9.17, 15) is 19.2 Å². The number of ketones is 1. The van der Waals surface area contributed by atoms with Crippen LogP contribution < -0.4 is 16.0 Å². The molecule has 9 heteroatoms. The maximum absolute atomic E-state index is 13.5. The first-order valence-corrected chi connectivity index (χ1v) is 13.2. The first-order chi connectivity index (χ1) is 17.3. The lowest BCUT2D eigenvalue weighted by Crippen LogP contribution is -2.52. The summed E-state index contributed by atoms with van der Waals surface area (Å²) >= 11 is 0. The zero-order valence-electron chi connectivity index (χ0n) is 23.9. The summed E-state index contributed by atoms with van der Waals surface area (Å²) in [6.07, 6.45) is 1.63. The third-order valence-corrected chi connectivity index (χ3v) is 5.96. The molecule has 3 amide bonds. The minimum Gasteiger partial charge on any atom is -0.378 e. The Bertz CT molecular complexity index is 898. The van der Waals surface area contributed by atoms with E-state index in [1.54, 1.807) is 19.2 Å². The Kier molecular flexibility index (Phi) is 13.3. The van der Waals surface area contributed by atoms with Gasteiger partial charge in [0.15, 0.2) is 5.78 Å². The number of rotatable bonds is 15. The molecule has 0 radical (unpaired) electrons. The van der Waals surface area contributed by atoms with Crippen molar-refractivity contribution in [2.45, 2.75) is 66.0 Å². The van der Waals surface area contributed by atoms with Crippen molar-refractivity contribution in [3.8, 4) is 0 Å². The molecule has 1 aromatic carbocycles. The molecule has 0 unspecified atom stereocenters. The summed E-state index contributed by atoms with van der Waals surface area (Å²) < 4.78 is 0. The molecule has 37 heavy (non-hydrogen) atoms. The van der Waals surface area contributed by atoms with Gasteiger partial charge in [0.2, 0.25) is 11.8 Å². The minimum atomic E-state index is -0.765. The molecule has 0 aromatic heterocycles. The average molecular weight is 518 g/mol. The second kappa shape index (κ2) is 15.3. The zero-order chi connectivity index (χ0) is 28.3. The number of carbonyl (C=O) groups is 4. The van der Waals surface area contributed by atoms with E-state index in [1.165, 1.54) is 9.80 Å². The van der Waals surface area contributed by atoms with Crippen molar-refractivity contribution >= 4 is 29.2 Å². The van der Waals surface area contributed by atoms with Gasteiger partial charge in [-0.2, -0.15) is 0 Å². The maximum atomic E-state index is 13.5. The van der Waals surface area contributed by atoms with Crippen LogP contribution in [0, 0.1) is 11.8 Å². The lowest BCUT2D eigenvalue weighted by molar-refractivity contribution is -0.139. The van der Waals surface area contributed by atoms with Gasteiger partial charge in [0.1, 0.15) is 6.04 Å². The molecule has 0 fully saturated rings. The largest absolute Gasteiger partial charge is 0.378 e. The van der Waals surface area contributed by atoms with Gasteiger partial charge in [-0.1, -0.05) is 34.6 Å². The highest BCUT2D eigenvalue weighted by Crippen LogP contribution is 2.14. The van der Waals surface area contributed by atoms with Gasteiger partial charge in [-0.05, 0) is 55.4 Å². The number of carbonyl (C=O) groups excluding carboxylic acids is 4. The molecule has 0 bridgehead atoms. The maximum Gasteiger partial charge on any atom is 0.251 e. The lowest BCUT2D eigenvalue weighted by Gasteiger charge is -2.29. The summed E-state index contributed by atoms with van der Waals surface area (Å²) in [6, 6.07) is 5.72. The average Bonchev–Trinajstić information content (AvgIpc) is 2.81. The standard InChI is InChI=1S/C28H47N5O4/c1-9-14-33(18-23(34)17-32(8)27(36)24(29)15-19(2)3)28(37)25(16-20(4)5)30-26(35)21-10-12-22(13-11-21)31(6)7/h10-13,19-20,24-25H,9,14-18,29H2,1-8H3,(H,30,35)/t24-,25+/m1/s1. The number of hydrogen-bond acceptors (Lipinski definition) is 6. The lowest BCUT2D eigenvalue weighted by atomic mass is 10.0. The van der Waals surface area contributed by atoms with Gasteiger partial charge in [-0.3, -0.25) is 19.2 Å². The normalized spacial score (nSPS) is 12.7. The number of likely N-dealkylation sites (N-methyl/N-ethyl adjacent to an activating group) is 1. The van der Waals surface area contributed by atoms with Crippen LogP contribution in [-0.2, 0) is 14.4 Å². The summed E-state index contributed by atoms with van der Waals surface area (Å²) in [7, 11) is 5.39. The molecule has 0 saturated carbocycles. The Morgan fingerprint density at radius 3 is 1.92 bits per heavy atom. The molecule has 208 valence electrons. The van der Waals surface area contributed by atoms with Crippen LogP contribution in [0.1, 0.15) is 64.2 Å². The minimum absolute atomic E-state index is 0.127. The van der Waals surface area contributed by atoms with Crippen LogP contribution in [0.2, 0.25) is 0 Å². The van der Waals surface area contributed by atoms with Crippen molar-refractivity contribution in [2.75, 3.05) is 45.7 Å². The van der Waals surface area contributed by atoms with E-state index in [-0.39, 0.29) is 48.4 Å². The summed E-state index contributed by atoms with van der Waals surface area (Å²) in [5.74, 6) is -0.774. The Balaban J connectivity index is 2.94. The van der Waals surface area contributed by atoms with E-state index in [0.717, 1.165) is 5.69 Å². The van der Waals surface area contributed by atoms with E-state index in [1.807, 2.05) is 65.7 Å². The van der Waals surface area contributed by atoms with Crippen LogP contribution in [0.4, 0.5) is 5.69 Å². The molecule has 0 aliphatic carbocycles. The molecule has 1 aromatic rings. The van der Waals surface area contributed by atoms with Gasteiger partial charge in [-0.25, -0.2) is 0 Å². The molecule has 3 N–H and O–H groups in total. The molecule has 0 spiro atoms. The van der Waals surface area contributed by atoms with Crippen LogP contribution >= 0.6 is 0 Å². The first kappa shape index (κ1) is 32.1. The molecule has 9 nitrogen and oxygen atoms in total. The summed E-state index contributed by atoms with van der Waals surface area (Å²) in [5, 5.41) is 2.88. The predicted molar refractivity (Wildman–Crippen MR) is 148 cm³/mol. The zero-order valence-corrected chi connectivity index (χ0v) is 23.9. The molecule has 0 aliphatic rings. The molecule has 0 saturated heterocycles. The van der Waals surface area contributed by atoms with Crippen LogP contribution in [0.3, 0.4) is 0 Å². The SMILES string of the molecule is CCCN(CC(=O)CN(C)C(=O)[C@H](N)CC(C)C)C(=O)[C@H](CC(C)C)NC(=O)c1ccc(N(C)C)cc1. The molecular formula is C28H47N5O4. The van der Waals surface area contributed by atoms with E-state index in [4.69, 9.17) is 5.73 Å². The second-order valence-electron chi connectivity index (χ2n) is 10.8. The first-order valence-electron chi connectivity index (χ1n) is 13.2. The number of anilines is 1. The molecular weight excluding hydrogens is 470 g/mol. The number of benzene rings is 1. The third-order valence-electron chi connectivity index (χ3n) is 5.96. The Hall–Kier alpha value is -2.94. The summed E-state index contributed by atoms with van der Waals surface area (Å²) in [6.45, 7) is 9.96. The predicted octanol–water partition coefficient (Wildman–Crippen LogP) is 2.54. The van der Waals surface area contributed by atoms with Crippen molar-refractivity contribution in [1.29, 1.82) is 0 Å². The van der Waals surface area contributed by atoms with Crippen molar-refractivity contribution in [3.05, 3.63) is 29.8 Å². The van der Waals surface area contributed by atoms with E-state index in [0.29, 0.717) is 31.4 Å². The fourth-order valence-corrected chi connectivity index (χ4v) is 4.10. The monoisotopic (exact) mass is 517 g/mol. The van der Waals surface area contributed by atoms with Gasteiger partial charge in [0.25, 0.3) is 5.91 Å². The number of amides is 3. The van der Waals surface area contributed by atoms with Crippen LogP contribution in [0.25, 0.3) is 0 Å². The van der Waals surface area contributed by atoms with Gasteiger partial charge in [0, 0.05) is 38.9 Å². The quantitative estimate of drug-likeness (QED) is 0.369.